The van der Waals surface area contributed by atoms with Crippen LogP contribution in [0.5, 0.6) is 0 Å². The summed E-state index contributed by atoms with van der Waals surface area (Å²) in [6, 6.07) is 13.7. The Kier molecular flexibility index (Phi) is 6.90. The predicted octanol–water partition coefficient (Wildman–Crippen LogP) is 4.17. The Balaban J connectivity index is 1.46. The first-order valence-corrected chi connectivity index (χ1v) is 10.2. The summed E-state index contributed by atoms with van der Waals surface area (Å²) >= 11 is 1.71. The van der Waals surface area contributed by atoms with Gasteiger partial charge >= 0.3 is 0 Å². The lowest BCUT2D eigenvalue weighted by atomic mass is 10.2. The highest BCUT2D eigenvalue weighted by Gasteiger charge is 2.06. The van der Waals surface area contributed by atoms with Gasteiger partial charge in [0.2, 0.25) is 0 Å². The summed E-state index contributed by atoms with van der Waals surface area (Å²) in [6.07, 6.45) is 5.09. The second-order valence-corrected chi connectivity index (χ2v) is 7.59. The SMILES string of the molecule is CC(C)OCCCNC(=O)c1ccc(SCc2cn3ccccc3n2)cc1. The molecule has 1 amide bonds. The van der Waals surface area contributed by atoms with E-state index in [2.05, 4.69) is 10.3 Å². The van der Waals surface area contributed by atoms with Gasteiger partial charge in [-0.3, -0.25) is 4.79 Å². The Bertz CT molecular complexity index is 842. The van der Waals surface area contributed by atoms with Gasteiger partial charge < -0.3 is 14.5 Å². The molecule has 5 nitrogen and oxygen atoms in total. The van der Waals surface area contributed by atoms with Crippen LogP contribution in [0.25, 0.3) is 5.65 Å². The van der Waals surface area contributed by atoms with Gasteiger partial charge in [-0.25, -0.2) is 4.98 Å². The van der Waals surface area contributed by atoms with Crippen LogP contribution in [0.2, 0.25) is 0 Å². The minimum Gasteiger partial charge on any atom is -0.379 e. The van der Waals surface area contributed by atoms with E-state index in [-0.39, 0.29) is 12.0 Å². The van der Waals surface area contributed by atoms with E-state index in [9.17, 15) is 4.79 Å². The molecule has 0 unspecified atom stereocenters. The molecule has 0 spiro atoms. The third-order valence-corrected chi connectivity index (χ3v) is 5.02. The zero-order chi connectivity index (χ0) is 19.1. The summed E-state index contributed by atoms with van der Waals surface area (Å²) in [5.74, 6) is 0.750. The molecule has 3 aromatic rings. The zero-order valence-electron chi connectivity index (χ0n) is 15.7. The molecule has 27 heavy (non-hydrogen) atoms. The molecule has 1 aromatic carbocycles. The molecule has 1 N–H and O–H groups in total. The van der Waals surface area contributed by atoms with Crippen LogP contribution in [0.15, 0.2) is 59.8 Å². The first kappa shape index (κ1) is 19.5. The molecule has 0 aliphatic heterocycles. The molecule has 2 heterocycles. The predicted molar refractivity (Wildman–Crippen MR) is 109 cm³/mol. The number of hydrogen-bond donors (Lipinski definition) is 1. The van der Waals surface area contributed by atoms with Crippen molar-refractivity contribution in [2.24, 2.45) is 0 Å². The molecule has 0 radical (unpaired) electrons. The van der Waals surface area contributed by atoms with Crippen LogP contribution in [0, 0.1) is 0 Å². The van der Waals surface area contributed by atoms with Crippen LogP contribution < -0.4 is 5.32 Å². The van der Waals surface area contributed by atoms with Crippen molar-refractivity contribution in [1.29, 1.82) is 0 Å². The first-order valence-electron chi connectivity index (χ1n) is 9.17. The summed E-state index contributed by atoms with van der Waals surface area (Å²) in [6.45, 7) is 5.30. The third kappa shape index (κ3) is 5.84. The molecule has 0 atom stereocenters. The lowest BCUT2D eigenvalue weighted by molar-refractivity contribution is 0.0757. The number of amides is 1. The number of thioether (sulfide) groups is 1. The Labute approximate surface area is 164 Å². The van der Waals surface area contributed by atoms with Crippen LogP contribution in [0.3, 0.4) is 0 Å². The van der Waals surface area contributed by atoms with Gasteiger partial charge in [-0.15, -0.1) is 11.8 Å². The van der Waals surface area contributed by atoms with Crippen LogP contribution in [-0.2, 0) is 10.5 Å². The molecular weight excluding hydrogens is 358 g/mol. The van der Waals surface area contributed by atoms with Gasteiger partial charge in [0.05, 0.1) is 11.8 Å². The average molecular weight is 384 g/mol. The van der Waals surface area contributed by atoms with Crippen LogP contribution >= 0.6 is 11.8 Å². The van der Waals surface area contributed by atoms with E-state index in [1.807, 2.05) is 73.1 Å². The molecule has 0 saturated heterocycles. The smallest absolute Gasteiger partial charge is 0.251 e. The average Bonchev–Trinajstić information content (AvgIpc) is 3.09. The number of carbonyl (C=O) groups is 1. The highest BCUT2D eigenvalue weighted by molar-refractivity contribution is 7.98. The fourth-order valence-electron chi connectivity index (χ4n) is 2.61. The summed E-state index contributed by atoms with van der Waals surface area (Å²) in [5, 5.41) is 2.93. The van der Waals surface area contributed by atoms with Gasteiger partial charge in [-0.1, -0.05) is 6.07 Å². The highest BCUT2D eigenvalue weighted by Crippen LogP contribution is 2.23. The molecule has 0 saturated carbocycles. The van der Waals surface area contributed by atoms with Crippen molar-refractivity contribution in [2.75, 3.05) is 13.2 Å². The molecule has 6 heteroatoms. The Morgan fingerprint density at radius 1 is 1.22 bits per heavy atom. The number of nitrogens with zero attached hydrogens (tertiary/aromatic N) is 2. The van der Waals surface area contributed by atoms with Crippen molar-refractivity contribution in [2.45, 2.75) is 37.0 Å². The number of imidazole rings is 1. The monoisotopic (exact) mass is 383 g/mol. The number of pyridine rings is 1. The lowest BCUT2D eigenvalue weighted by Gasteiger charge is -2.08. The van der Waals surface area contributed by atoms with Crippen molar-refractivity contribution in [3.63, 3.8) is 0 Å². The van der Waals surface area contributed by atoms with Crippen molar-refractivity contribution in [3.8, 4) is 0 Å². The molecule has 0 fully saturated rings. The highest BCUT2D eigenvalue weighted by atomic mass is 32.2. The normalized spacial score (nSPS) is 11.2. The van der Waals surface area contributed by atoms with Crippen LogP contribution in [0.4, 0.5) is 0 Å². The number of nitrogens with one attached hydrogen (secondary N) is 1. The van der Waals surface area contributed by atoms with Gasteiger partial charge in [-0.2, -0.15) is 0 Å². The number of ether oxygens (including phenoxy) is 1. The van der Waals surface area contributed by atoms with E-state index < -0.39 is 0 Å². The fourth-order valence-corrected chi connectivity index (χ4v) is 3.39. The summed E-state index contributed by atoms with van der Waals surface area (Å²) in [5.41, 5.74) is 2.67. The Morgan fingerprint density at radius 2 is 2.04 bits per heavy atom. The molecule has 0 bridgehead atoms. The molecule has 0 aliphatic rings. The molecule has 142 valence electrons. The number of benzene rings is 1. The maximum atomic E-state index is 12.2. The molecule has 0 aliphatic carbocycles. The summed E-state index contributed by atoms with van der Waals surface area (Å²) in [7, 11) is 0. The number of fused-ring (bicyclic) bond motifs is 1. The molecule has 2 aromatic heterocycles. The van der Waals surface area contributed by atoms with E-state index in [1.165, 1.54) is 0 Å². The van der Waals surface area contributed by atoms with Crippen LogP contribution in [0.1, 0.15) is 36.3 Å². The van der Waals surface area contributed by atoms with E-state index in [4.69, 9.17) is 4.74 Å². The van der Waals surface area contributed by atoms with Crippen molar-refractivity contribution in [3.05, 3.63) is 66.1 Å². The van der Waals surface area contributed by atoms with E-state index >= 15 is 0 Å². The first-order chi connectivity index (χ1) is 13.1. The maximum Gasteiger partial charge on any atom is 0.251 e. The second-order valence-electron chi connectivity index (χ2n) is 6.54. The fraction of sp³-hybridized carbons (Fsp3) is 0.333. The summed E-state index contributed by atoms with van der Waals surface area (Å²) < 4.78 is 7.49. The largest absolute Gasteiger partial charge is 0.379 e. The Morgan fingerprint density at radius 3 is 2.78 bits per heavy atom. The van der Waals surface area contributed by atoms with Gasteiger partial charge in [0.25, 0.3) is 5.91 Å². The minimum atomic E-state index is -0.0450. The molecular formula is C21H25N3O2S. The van der Waals surface area contributed by atoms with E-state index in [0.29, 0.717) is 18.7 Å². The van der Waals surface area contributed by atoms with E-state index in [1.54, 1.807) is 11.8 Å². The van der Waals surface area contributed by atoms with Gasteiger partial charge in [0.15, 0.2) is 0 Å². The molecule has 3 rings (SSSR count). The van der Waals surface area contributed by atoms with Gasteiger partial charge in [-0.05, 0) is 56.7 Å². The third-order valence-electron chi connectivity index (χ3n) is 3.97. The van der Waals surface area contributed by atoms with Crippen molar-refractivity contribution in [1.82, 2.24) is 14.7 Å². The standard InChI is InChI=1S/C21H25N3O2S/c1-16(2)26-13-5-11-22-21(25)17-7-9-19(10-8-17)27-15-18-14-24-12-4-3-6-20(24)23-18/h3-4,6-10,12,14,16H,5,11,13,15H2,1-2H3,(H,22,25). The minimum absolute atomic E-state index is 0.0450. The van der Waals surface area contributed by atoms with Crippen molar-refractivity contribution < 1.29 is 9.53 Å². The quantitative estimate of drug-likeness (QED) is 0.445. The Hall–Kier alpha value is -2.31. The number of carbonyl (C=O) groups excluding carboxylic acids is 1. The van der Waals surface area contributed by atoms with Gasteiger partial charge in [0.1, 0.15) is 5.65 Å². The number of rotatable bonds is 9. The van der Waals surface area contributed by atoms with Crippen LogP contribution in [-0.4, -0.2) is 34.5 Å². The van der Waals surface area contributed by atoms with Gasteiger partial charge in [0, 0.05) is 41.8 Å². The maximum absolute atomic E-state index is 12.2. The zero-order valence-corrected chi connectivity index (χ0v) is 16.5. The van der Waals surface area contributed by atoms with E-state index in [0.717, 1.165) is 28.4 Å². The lowest BCUT2D eigenvalue weighted by Crippen LogP contribution is -2.25. The summed E-state index contributed by atoms with van der Waals surface area (Å²) in [4.78, 5) is 17.9. The number of aromatic nitrogens is 2. The second kappa shape index (κ2) is 9.58. The topological polar surface area (TPSA) is 55.6 Å². The van der Waals surface area contributed by atoms with Crippen molar-refractivity contribution >= 4 is 23.3 Å². The number of hydrogen-bond acceptors (Lipinski definition) is 4.